The maximum Gasteiger partial charge on any atom is 0.255 e. The molecule has 0 heterocycles. The van der Waals surface area contributed by atoms with E-state index in [1.807, 2.05) is 0 Å². The highest BCUT2D eigenvalue weighted by Crippen LogP contribution is 2.20. The van der Waals surface area contributed by atoms with Gasteiger partial charge in [-0.05, 0) is 42.8 Å². The Morgan fingerprint density at radius 2 is 1.72 bits per heavy atom. The number of halogens is 1. The van der Waals surface area contributed by atoms with Crippen LogP contribution in [-0.4, -0.2) is 59.2 Å². The highest BCUT2D eigenvalue weighted by molar-refractivity contribution is 7.89. The fourth-order valence-corrected chi connectivity index (χ4v) is 4.06. The molecule has 158 valence electrons. The summed E-state index contributed by atoms with van der Waals surface area (Å²) in [6.07, 6.45) is 0. The van der Waals surface area contributed by atoms with Crippen molar-refractivity contribution in [3.05, 3.63) is 59.4 Å². The van der Waals surface area contributed by atoms with Gasteiger partial charge in [0.15, 0.2) is 0 Å². The van der Waals surface area contributed by atoms with Gasteiger partial charge in [0, 0.05) is 38.6 Å². The second kappa shape index (κ2) is 10.4. The SMILES string of the molecule is COCCN(CCOC)S(=O)(=O)c1cccc(C(=O)Nc2cc(F)ccc2C)c1. The predicted molar refractivity (Wildman–Crippen MR) is 108 cm³/mol. The Labute approximate surface area is 170 Å². The largest absolute Gasteiger partial charge is 0.383 e. The van der Waals surface area contributed by atoms with Gasteiger partial charge in [-0.2, -0.15) is 4.31 Å². The molecular weight excluding hydrogens is 399 g/mol. The van der Waals surface area contributed by atoms with Crippen molar-refractivity contribution < 1.29 is 27.1 Å². The van der Waals surface area contributed by atoms with E-state index in [1.54, 1.807) is 13.0 Å². The van der Waals surface area contributed by atoms with Crippen LogP contribution in [-0.2, 0) is 19.5 Å². The number of nitrogens with zero attached hydrogens (tertiary/aromatic N) is 1. The van der Waals surface area contributed by atoms with Gasteiger partial charge in [0.05, 0.1) is 18.1 Å². The minimum absolute atomic E-state index is 0.0201. The smallest absolute Gasteiger partial charge is 0.255 e. The van der Waals surface area contributed by atoms with Crippen LogP contribution in [0.5, 0.6) is 0 Å². The normalized spacial score (nSPS) is 11.6. The first-order valence-corrected chi connectivity index (χ1v) is 10.4. The number of hydrogen-bond donors (Lipinski definition) is 1. The molecule has 0 radical (unpaired) electrons. The summed E-state index contributed by atoms with van der Waals surface area (Å²) < 4.78 is 50.7. The Morgan fingerprint density at radius 1 is 1.07 bits per heavy atom. The lowest BCUT2D eigenvalue weighted by atomic mass is 10.1. The monoisotopic (exact) mass is 424 g/mol. The number of rotatable bonds is 10. The molecule has 2 aromatic rings. The van der Waals surface area contributed by atoms with Crippen LogP contribution in [0.3, 0.4) is 0 Å². The molecule has 0 atom stereocenters. The van der Waals surface area contributed by atoms with E-state index in [-0.39, 0.29) is 36.8 Å². The minimum atomic E-state index is -3.86. The maximum atomic E-state index is 13.5. The second-order valence-corrected chi connectivity index (χ2v) is 8.27. The lowest BCUT2D eigenvalue weighted by molar-refractivity contribution is 0.102. The van der Waals surface area contributed by atoms with E-state index in [0.29, 0.717) is 11.3 Å². The minimum Gasteiger partial charge on any atom is -0.383 e. The van der Waals surface area contributed by atoms with Gasteiger partial charge in [0.2, 0.25) is 10.0 Å². The topological polar surface area (TPSA) is 84.9 Å². The van der Waals surface area contributed by atoms with E-state index in [0.717, 1.165) is 0 Å². The van der Waals surface area contributed by atoms with Gasteiger partial charge in [-0.3, -0.25) is 4.79 Å². The Balaban J connectivity index is 2.28. The third-order valence-electron chi connectivity index (χ3n) is 4.27. The lowest BCUT2D eigenvalue weighted by Gasteiger charge is -2.21. The summed E-state index contributed by atoms with van der Waals surface area (Å²) in [5.74, 6) is -1.01. The molecule has 29 heavy (non-hydrogen) atoms. The van der Waals surface area contributed by atoms with Crippen molar-refractivity contribution in [2.75, 3.05) is 45.8 Å². The fraction of sp³-hybridized carbons (Fsp3) is 0.350. The van der Waals surface area contributed by atoms with E-state index in [4.69, 9.17) is 9.47 Å². The number of ether oxygens (including phenoxy) is 2. The average molecular weight is 424 g/mol. The number of carbonyl (C=O) groups is 1. The molecular formula is C20H25FN2O5S. The standard InChI is InChI=1S/C20H25FN2O5S/c1-15-7-8-17(21)14-19(15)22-20(24)16-5-4-6-18(13-16)29(25,26)23(9-11-27-2)10-12-28-3/h4-8,13-14H,9-12H2,1-3H3,(H,22,24). The molecule has 1 amide bonds. The number of nitrogens with one attached hydrogen (secondary N) is 1. The van der Waals surface area contributed by atoms with E-state index < -0.39 is 21.7 Å². The van der Waals surface area contributed by atoms with Crippen LogP contribution in [0.25, 0.3) is 0 Å². The number of sulfonamides is 1. The van der Waals surface area contributed by atoms with Crippen molar-refractivity contribution in [2.24, 2.45) is 0 Å². The molecule has 0 saturated heterocycles. The number of amides is 1. The number of methoxy groups -OCH3 is 2. The van der Waals surface area contributed by atoms with Gasteiger partial charge >= 0.3 is 0 Å². The summed E-state index contributed by atoms with van der Waals surface area (Å²) >= 11 is 0. The summed E-state index contributed by atoms with van der Waals surface area (Å²) in [6, 6.07) is 9.77. The zero-order valence-corrected chi connectivity index (χ0v) is 17.5. The maximum absolute atomic E-state index is 13.5. The van der Waals surface area contributed by atoms with Crippen LogP contribution in [0.1, 0.15) is 15.9 Å². The number of aryl methyl sites for hydroxylation is 1. The van der Waals surface area contributed by atoms with E-state index >= 15 is 0 Å². The first-order valence-electron chi connectivity index (χ1n) is 8.95. The van der Waals surface area contributed by atoms with Crippen molar-refractivity contribution in [2.45, 2.75) is 11.8 Å². The van der Waals surface area contributed by atoms with Gasteiger partial charge in [0.25, 0.3) is 5.91 Å². The molecule has 2 rings (SSSR count). The molecule has 0 unspecified atom stereocenters. The molecule has 0 aliphatic carbocycles. The zero-order chi connectivity index (χ0) is 21.4. The van der Waals surface area contributed by atoms with Crippen molar-refractivity contribution in [1.29, 1.82) is 0 Å². The van der Waals surface area contributed by atoms with Crippen molar-refractivity contribution in [3.8, 4) is 0 Å². The molecule has 0 aliphatic rings. The number of carbonyl (C=O) groups excluding carboxylic acids is 1. The highest BCUT2D eigenvalue weighted by Gasteiger charge is 2.25. The zero-order valence-electron chi connectivity index (χ0n) is 16.6. The van der Waals surface area contributed by atoms with Crippen molar-refractivity contribution in [3.63, 3.8) is 0 Å². The van der Waals surface area contributed by atoms with Gasteiger partial charge in [-0.15, -0.1) is 0 Å². The highest BCUT2D eigenvalue weighted by atomic mass is 32.2. The molecule has 0 bridgehead atoms. The summed E-state index contributed by atoms with van der Waals surface area (Å²) in [6.45, 7) is 2.49. The lowest BCUT2D eigenvalue weighted by Crippen LogP contribution is -2.36. The Bertz CT molecular complexity index is 942. The number of benzene rings is 2. The number of hydrogen-bond acceptors (Lipinski definition) is 5. The quantitative estimate of drug-likeness (QED) is 0.634. The Kier molecular flexibility index (Phi) is 8.27. The van der Waals surface area contributed by atoms with Crippen LogP contribution in [0.2, 0.25) is 0 Å². The fourth-order valence-electron chi connectivity index (χ4n) is 2.61. The second-order valence-electron chi connectivity index (χ2n) is 6.33. The van der Waals surface area contributed by atoms with E-state index in [1.165, 1.54) is 54.9 Å². The van der Waals surface area contributed by atoms with E-state index in [2.05, 4.69) is 5.32 Å². The molecule has 0 aromatic heterocycles. The van der Waals surface area contributed by atoms with Gasteiger partial charge in [-0.1, -0.05) is 12.1 Å². The van der Waals surface area contributed by atoms with Gasteiger partial charge in [0.1, 0.15) is 5.82 Å². The summed E-state index contributed by atoms with van der Waals surface area (Å²) in [5.41, 5.74) is 1.16. The molecule has 1 N–H and O–H groups in total. The van der Waals surface area contributed by atoms with Crippen LogP contribution in [0, 0.1) is 12.7 Å². The molecule has 2 aromatic carbocycles. The van der Waals surface area contributed by atoms with Gasteiger partial charge < -0.3 is 14.8 Å². The predicted octanol–water partition coefficient (Wildman–Crippen LogP) is 2.67. The average Bonchev–Trinajstić information content (AvgIpc) is 2.70. The molecule has 0 aliphatic heterocycles. The van der Waals surface area contributed by atoms with Crippen LogP contribution >= 0.6 is 0 Å². The summed E-state index contributed by atoms with van der Waals surface area (Å²) in [5, 5.41) is 2.62. The number of anilines is 1. The van der Waals surface area contributed by atoms with Gasteiger partial charge in [-0.25, -0.2) is 12.8 Å². The summed E-state index contributed by atoms with van der Waals surface area (Å²) in [4.78, 5) is 12.6. The molecule has 0 fully saturated rings. The molecule has 7 nitrogen and oxygen atoms in total. The van der Waals surface area contributed by atoms with Crippen LogP contribution < -0.4 is 5.32 Å². The Morgan fingerprint density at radius 3 is 2.34 bits per heavy atom. The van der Waals surface area contributed by atoms with E-state index in [9.17, 15) is 17.6 Å². The molecule has 0 saturated carbocycles. The summed E-state index contributed by atoms with van der Waals surface area (Å²) in [7, 11) is -0.883. The van der Waals surface area contributed by atoms with Crippen LogP contribution in [0.4, 0.5) is 10.1 Å². The molecule has 9 heteroatoms. The molecule has 0 spiro atoms. The van der Waals surface area contributed by atoms with Crippen LogP contribution in [0.15, 0.2) is 47.4 Å². The first-order chi connectivity index (χ1) is 13.8. The van der Waals surface area contributed by atoms with Crippen molar-refractivity contribution in [1.82, 2.24) is 4.31 Å². The third kappa shape index (κ3) is 6.07. The van der Waals surface area contributed by atoms with Crippen molar-refractivity contribution >= 4 is 21.6 Å². The first kappa shape index (κ1) is 23.0. The Hall–Kier alpha value is -2.33. The third-order valence-corrected chi connectivity index (χ3v) is 6.17.